The zero-order valence-corrected chi connectivity index (χ0v) is 20.0. The number of hydrogen-bond acceptors (Lipinski definition) is 5. The van der Waals surface area contributed by atoms with E-state index in [0.717, 1.165) is 5.56 Å². The molecule has 7 heteroatoms. The van der Waals surface area contributed by atoms with E-state index in [1.165, 1.54) is 6.07 Å². The van der Waals surface area contributed by atoms with Crippen LogP contribution in [0, 0.1) is 5.82 Å². The molecule has 1 aliphatic carbocycles. The lowest BCUT2D eigenvalue weighted by Gasteiger charge is -2.36. The van der Waals surface area contributed by atoms with Crippen molar-refractivity contribution in [3.8, 4) is 0 Å². The van der Waals surface area contributed by atoms with Gasteiger partial charge in [-0.15, -0.1) is 0 Å². The van der Waals surface area contributed by atoms with Crippen molar-refractivity contribution in [2.24, 2.45) is 0 Å². The molecule has 2 aromatic carbocycles. The molecule has 0 aromatic heterocycles. The zero-order chi connectivity index (χ0) is 24.2. The Kier molecular flexibility index (Phi) is 7.49. The number of carbonyl (C=O) groups excluding carboxylic acids is 2. The van der Waals surface area contributed by atoms with Gasteiger partial charge in [-0.3, -0.25) is 4.79 Å². The number of ether oxygens (including phenoxy) is 2. The van der Waals surface area contributed by atoms with Crippen LogP contribution >= 0.6 is 11.6 Å². The fourth-order valence-corrected chi connectivity index (χ4v) is 4.84. The highest BCUT2D eigenvalue weighted by atomic mass is 35.5. The van der Waals surface area contributed by atoms with Crippen LogP contribution in [0.4, 0.5) is 4.39 Å². The largest absolute Gasteiger partial charge is 0.460 e. The fraction of sp³-hybridized carbons (Fsp3) is 0.333. The van der Waals surface area contributed by atoms with Crippen molar-refractivity contribution >= 4 is 23.4 Å². The second-order valence-corrected chi connectivity index (χ2v) is 8.86. The Bertz CT molecular complexity index is 1160. The van der Waals surface area contributed by atoms with E-state index in [-0.39, 0.29) is 42.5 Å². The molecule has 2 aliphatic rings. The van der Waals surface area contributed by atoms with Crippen LogP contribution < -0.4 is 5.32 Å². The van der Waals surface area contributed by atoms with Crippen molar-refractivity contribution in [2.45, 2.75) is 38.5 Å². The lowest BCUT2D eigenvalue weighted by molar-refractivity contribution is -0.140. The van der Waals surface area contributed by atoms with E-state index < -0.39 is 17.7 Å². The molecule has 4 rings (SSSR count). The summed E-state index contributed by atoms with van der Waals surface area (Å²) in [5.74, 6) is -2.05. The zero-order valence-electron chi connectivity index (χ0n) is 19.2. The third-order valence-corrected chi connectivity index (χ3v) is 6.52. The molecule has 0 amide bonds. The number of Topliss-reactive ketones (excluding diaryl/α,β-unsaturated/α-hetero) is 1. The minimum Gasteiger partial charge on any atom is -0.460 e. The summed E-state index contributed by atoms with van der Waals surface area (Å²) in [4.78, 5) is 26.6. The molecule has 34 heavy (non-hydrogen) atoms. The van der Waals surface area contributed by atoms with Gasteiger partial charge < -0.3 is 14.8 Å². The molecule has 1 N–H and O–H groups in total. The predicted molar refractivity (Wildman–Crippen MR) is 128 cm³/mol. The number of benzene rings is 2. The van der Waals surface area contributed by atoms with Crippen LogP contribution in [0.2, 0.25) is 5.02 Å². The maximum atomic E-state index is 15.0. The van der Waals surface area contributed by atoms with Crippen molar-refractivity contribution in [3.63, 3.8) is 0 Å². The highest BCUT2D eigenvalue weighted by Gasteiger charge is 2.42. The van der Waals surface area contributed by atoms with Crippen LogP contribution in [0.15, 0.2) is 71.1 Å². The van der Waals surface area contributed by atoms with Crippen molar-refractivity contribution in [1.29, 1.82) is 0 Å². The summed E-state index contributed by atoms with van der Waals surface area (Å²) in [6, 6.07) is 13.7. The normalized spacial score (nSPS) is 20.2. The Hall–Kier alpha value is -2.96. The van der Waals surface area contributed by atoms with Crippen molar-refractivity contribution in [1.82, 2.24) is 5.32 Å². The summed E-state index contributed by atoms with van der Waals surface area (Å²) in [6.07, 6.45) is 0.830. The van der Waals surface area contributed by atoms with Crippen LogP contribution in [0.1, 0.15) is 49.7 Å². The molecule has 0 bridgehead atoms. The van der Waals surface area contributed by atoms with Gasteiger partial charge in [-0.2, -0.15) is 0 Å². The summed E-state index contributed by atoms with van der Waals surface area (Å²) in [5, 5.41) is 3.90. The molecule has 2 aromatic rings. The molecule has 1 aliphatic heterocycles. The number of nitrogens with one attached hydrogen (secondary N) is 1. The smallest absolute Gasteiger partial charge is 0.336 e. The first-order valence-corrected chi connectivity index (χ1v) is 11.8. The number of hydrogen-bond donors (Lipinski definition) is 1. The quantitative estimate of drug-likeness (QED) is 0.421. The first kappa shape index (κ1) is 24.2. The Balaban J connectivity index is 1.72. The van der Waals surface area contributed by atoms with Gasteiger partial charge in [-0.25, -0.2) is 9.18 Å². The molecule has 2 atom stereocenters. The lowest BCUT2D eigenvalue weighted by atomic mass is 9.71. The van der Waals surface area contributed by atoms with Gasteiger partial charge in [0.25, 0.3) is 0 Å². The van der Waals surface area contributed by atoms with Gasteiger partial charge >= 0.3 is 5.97 Å². The molecule has 0 fully saturated rings. The van der Waals surface area contributed by atoms with Gasteiger partial charge in [0.15, 0.2) is 5.78 Å². The van der Waals surface area contributed by atoms with Crippen molar-refractivity contribution in [2.75, 3.05) is 19.8 Å². The molecule has 0 saturated carbocycles. The second-order valence-electron chi connectivity index (χ2n) is 8.42. The molecule has 0 saturated heterocycles. The lowest BCUT2D eigenvalue weighted by Crippen LogP contribution is -2.36. The van der Waals surface area contributed by atoms with Gasteiger partial charge in [0.1, 0.15) is 12.4 Å². The number of halogens is 2. The van der Waals surface area contributed by atoms with Gasteiger partial charge in [-0.05, 0) is 49.9 Å². The Morgan fingerprint density at radius 2 is 1.85 bits per heavy atom. The summed E-state index contributed by atoms with van der Waals surface area (Å²) in [6.45, 7) is 4.47. The maximum absolute atomic E-state index is 15.0. The molecular weight excluding hydrogens is 457 g/mol. The van der Waals surface area contributed by atoms with E-state index in [1.54, 1.807) is 25.1 Å². The van der Waals surface area contributed by atoms with Crippen LogP contribution in [0.5, 0.6) is 0 Å². The van der Waals surface area contributed by atoms with Crippen LogP contribution in [0.3, 0.4) is 0 Å². The number of ketones is 1. The van der Waals surface area contributed by atoms with Gasteiger partial charge in [0, 0.05) is 40.6 Å². The van der Waals surface area contributed by atoms with Crippen LogP contribution in [0.25, 0.3) is 0 Å². The average Bonchev–Trinajstić information content (AvgIpc) is 2.81. The monoisotopic (exact) mass is 483 g/mol. The standard InChI is InChI=1S/C27H27ClFNO4/c1-3-33-12-13-34-27(32)24-16(2)30-22-14-18(17-8-10-19(28)11-9-17)15-23(31)26(22)25(24)20-6-4-5-7-21(20)29/h4-11,18,25,30H,3,12-15H2,1-2H3/t18-,25+/m1/s1. The van der Waals surface area contributed by atoms with E-state index in [4.69, 9.17) is 21.1 Å². The van der Waals surface area contributed by atoms with Crippen molar-refractivity contribution in [3.05, 3.63) is 93.0 Å². The van der Waals surface area contributed by atoms with Crippen LogP contribution in [-0.2, 0) is 19.1 Å². The Morgan fingerprint density at radius 1 is 1.12 bits per heavy atom. The van der Waals surface area contributed by atoms with E-state index in [0.29, 0.717) is 35.0 Å². The fourth-order valence-electron chi connectivity index (χ4n) is 4.72. The first-order chi connectivity index (χ1) is 16.4. The Labute approximate surface area is 203 Å². The van der Waals surface area contributed by atoms with Crippen LogP contribution in [-0.4, -0.2) is 31.6 Å². The minimum atomic E-state index is -0.837. The highest BCUT2D eigenvalue weighted by Crippen LogP contribution is 2.46. The summed E-state index contributed by atoms with van der Waals surface area (Å²) >= 11 is 6.03. The van der Waals surface area contributed by atoms with E-state index in [9.17, 15) is 14.0 Å². The number of esters is 1. The van der Waals surface area contributed by atoms with Gasteiger partial charge in [0.2, 0.25) is 0 Å². The van der Waals surface area contributed by atoms with Gasteiger partial charge in [0.05, 0.1) is 18.1 Å². The molecule has 0 unspecified atom stereocenters. The Morgan fingerprint density at radius 3 is 2.56 bits per heavy atom. The van der Waals surface area contributed by atoms with E-state index in [2.05, 4.69) is 5.32 Å². The molecule has 5 nitrogen and oxygen atoms in total. The predicted octanol–water partition coefficient (Wildman–Crippen LogP) is 5.42. The summed E-state index contributed by atoms with van der Waals surface area (Å²) in [7, 11) is 0. The van der Waals surface area contributed by atoms with Crippen molar-refractivity contribution < 1.29 is 23.5 Å². The molecule has 0 spiro atoms. The van der Waals surface area contributed by atoms with E-state index in [1.807, 2.05) is 31.2 Å². The first-order valence-electron chi connectivity index (χ1n) is 11.4. The highest BCUT2D eigenvalue weighted by molar-refractivity contribution is 6.30. The number of rotatable bonds is 7. The number of dihydropyridines is 1. The van der Waals surface area contributed by atoms with Gasteiger partial charge in [-0.1, -0.05) is 41.9 Å². The molecule has 178 valence electrons. The summed E-state index contributed by atoms with van der Waals surface area (Å²) < 4.78 is 25.7. The number of allylic oxidation sites excluding steroid dienone is 3. The number of carbonyl (C=O) groups is 2. The van der Waals surface area contributed by atoms with E-state index >= 15 is 0 Å². The molecule has 0 radical (unpaired) electrons. The summed E-state index contributed by atoms with van der Waals surface area (Å²) in [5.41, 5.74) is 3.24. The minimum absolute atomic E-state index is 0.0372. The topological polar surface area (TPSA) is 64.6 Å². The third kappa shape index (κ3) is 4.93. The maximum Gasteiger partial charge on any atom is 0.336 e. The molecular formula is C27H27ClFNO4. The average molecular weight is 484 g/mol. The third-order valence-electron chi connectivity index (χ3n) is 6.27. The molecule has 1 heterocycles. The SMILES string of the molecule is CCOCCOC(=O)C1=C(C)NC2=C(C(=O)C[C@H](c3ccc(Cl)cc3)C2)[C@H]1c1ccccc1F. The second kappa shape index (κ2) is 10.5.